The van der Waals surface area contributed by atoms with Crippen molar-refractivity contribution in [2.45, 2.75) is 52.6 Å². The third-order valence-electron chi connectivity index (χ3n) is 3.92. The van der Waals surface area contributed by atoms with Crippen LogP contribution in [0.2, 0.25) is 13.1 Å². The molecule has 0 aliphatic heterocycles. The number of rotatable bonds is 4. The van der Waals surface area contributed by atoms with E-state index in [0.717, 1.165) is 12.2 Å². The Balaban J connectivity index is 2.24. The third-order valence-corrected chi connectivity index (χ3v) is 14.4. The summed E-state index contributed by atoms with van der Waals surface area (Å²) < 4.78 is 8.25. The van der Waals surface area contributed by atoms with Gasteiger partial charge in [-0.05, 0) is 0 Å². The molecule has 1 aromatic carbocycles. The van der Waals surface area contributed by atoms with Crippen LogP contribution in [0.25, 0.3) is 0 Å². The summed E-state index contributed by atoms with van der Waals surface area (Å²) in [5, 5.41) is 0. The quantitative estimate of drug-likeness (QED) is 0.695. The van der Waals surface area contributed by atoms with Crippen molar-refractivity contribution in [2.24, 2.45) is 0 Å². The summed E-state index contributed by atoms with van der Waals surface area (Å²) in [6.07, 6.45) is 5.70. The number of allylic oxidation sites excluding steroid dienone is 4. The Labute approximate surface area is 137 Å². The predicted octanol–water partition coefficient (Wildman–Crippen LogP) is 5.11. The van der Waals surface area contributed by atoms with Crippen LogP contribution in [0.15, 0.2) is 45.9 Å². The number of benzene rings is 1. The monoisotopic (exact) mass is 335 g/mol. The minimum atomic E-state index is -1.58. The molecule has 0 saturated carbocycles. The summed E-state index contributed by atoms with van der Waals surface area (Å²) in [4.78, 5) is 0. The second-order valence-electron chi connectivity index (χ2n) is 7.17. The first-order valence-corrected chi connectivity index (χ1v) is 14.8. The van der Waals surface area contributed by atoms with Gasteiger partial charge in [-0.3, -0.25) is 0 Å². The first-order chi connectivity index (χ1) is 9.79. The average molecular weight is 335 g/mol. The summed E-state index contributed by atoms with van der Waals surface area (Å²) in [5.74, 6) is 1.09. The van der Waals surface area contributed by atoms with Gasteiger partial charge in [0.15, 0.2) is 0 Å². The van der Waals surface area contributed by atoms with Crippen LogP contribution >= 0.6 is 0 Å². The molecule has 0 atom stereocenters. The van der Waals surface area contributed by atoms with Crippen molar-refractivity contribution in [3.05, 3.63) is 51.4 Å². The van der Waals surface area contributed by atoms with Crippen LogP contribution < -0.4 is 3.32 Å². The Morgan fingerprint density at radius 3 is 2.43 bits per heavy atom. The van der Waals surface area contributed by atoms with Crippen molar-refractivity contribution in [1.29, 1.82) is 0 Å². The van der Waals surface area contributed by atoms with Crippen molar-refractivity contribution >= 4 is 6.66 Å². The molecule has 0 fully saturated rings. The van der Waals surface area contributed by atoms with Gasteiger partial charge < -0.3 is 0 Å². The zero-order valence-corrected chi connectivity index (χ0v) is 16.9. The molecule has 0 amide bonds. The molecule has 1 aromatic rings. The number of hydrogen-bond acceptors (Lipinski definition) is 1. The summed E-state index contributed by atoms with van der Waals surface area (Å²) in [6, 6.07) is 8.74. The van der Waals surface area contributed by atoms with Gasteiger partial charge in [0.05, 0.1) is 0 Å². The Kier molecular flexibility index (Phi) is 5.34. The van der Waals surface area contributed by atoms with Gasteiger partial charge in [0.2, 0.25) is 0 Å². The normalized spacial score (nSPS) is 15.0. The molecule has 0 aromatic heterocycles. The van der Waals surface area contributed by atoms with Crippen LogP contribution in [0, 0.1) is 0 Å². The van der Waals surface area contributed by atoms with E-state index >= 15 is 0 Å². The van der Waals surface area contributed by atoms with E-state index in [1.165, 1.54) is 11.1 Å². The molecule has 0 N–H and O–H groups in total. The Morgan fingerprint density at radius 1 is 1.19 bits per heavy atom. The van der Waals surface area contributed by atoms with Crippen LogP contribution in [0.1, 0.15) is 39.7 Å². The fourth-order valence-electron chi connectivity index (χ4n) is 2.59. The first kappa shape index (κ1) is 16.8. The Morgan fingerprint density at radius 2 is 1.90 bits per heavy atom. The second-order valence-corrected chi connectivity index (χ2v) is 19.4. The Hall–Kier alpha value is -0.569. The van der Waals surface area contributed by atoms with E-state index in [9.17, 15) is 0 Å². The minimum absolute atomic E-state index is 0.179. The van der Waals surface area contributed by atoms with Gasteiger partial charge in [0, 0.05) is 0 Å². The van der Waals surface area contributed by atoms with Gasteiger partial charge in [0.25, 0.3) is 0 Å². The van der Waals surface area contributed by atoms with E-state index in [2.05, 4.69) is 77.2 Å². The molecule has 0 radical (unpaired) electrons. The van der Waals surface area contributed by atoms with Crippen LogP contribution in [-0.4, -0.2) is 6.66 Å². The fourth-order valence-corrected chi connectivity index (χ4v) is 11.9. The van der Waals surface area contributed by atoms with Gasteiger partial charge in [-0.15, -0.1) is 0 Å². The average Bonchev–Trinajstić information content (AvgIpc) is 2.81. The summed E-state index contributed by atoms with van der Waals surface area (Å²) >= 11 is -1.58. The molecule has 1 aliphatic carbocycles. The van der Waals surface area contributed by atoms with Gasteiger partial charge >= 0.3 is 137 Å². The molecule has 0 saturated heterocycles. The second kappa shape index (κ2) is 6.68. The molecule has 0 spiro atoms. The van der Waals surface area contributed by atoms with E-state index in [0.29, 0.717) is 0 Å². The van der Waals surface area contributed by atoms with E-state index in [1.54, 1.807) is 3.88 Å². The summed E-state index contributed by atoms with van der Waals surface area (Å²) in [5.41, 5.74) is 3.01. The molecule has 0 unspecified atom stereocenters. The third kappa shape index (κ3) is 4.21. The summed E-state index contributed by atoms with van der Waals surface area (Å²) in [7, 11) is 0. The van der Waals surface area contributed by atoms with Crippen LogP contribution in [-0.2, 0) is 22.9 Å². The van der Waals surface area contributed by atoms with Gasteiger partial charge in [-0.2, -0.15) is 0 Å². The molecule has 1 nitrogen and oxygen atoms in total. The van der Waals surface area contributed by atoms with E-state index < -0.39 is 24.2 Å². The molecule has 1 aliphatic rings. The van der Waals surface area contributed by atoms with Gasteiger partial charge in [-0.25, -0.2) is 0 Å². The van der Waals surface area contributed by atoms with E-state index in [1.807, 2.05) is 0 Å². The topological polar surface area (TPSA) is 9.23 Å². The van der Waals surface area contributed by atoms with Crippen molar-refractivity contribution in [1.82, 2.24) is 0 Å². The van der Waals surface area contributed by atoms with Crippen molar-refractivity contribution < 1.29 is 20.8 Å². The van der Waals surface area contributed by atoms with E-state index in [-0.39, 0.29) is 5.41 Å². The molecular weight excluding hydrogens is 308 g/mol. The maximum atomic E-state index is 6.60. The summed E-state index contributed by atoms with van der Waals surface area (Å²) in [6.45, 7) is 13.2. The molecule has 21 heavy (non-hydrogen) atoms. The van der Waals surface area contributed by atoms with E-state index in [4.69, 9.17) is 3.32 Å². The number of hydrogen-bond donors (Lipinski definition) is 0. The van der Waals surface area contributed by atoms with Crippen molar-refractivity contribution in [2.75, 3.05) is 0 Å². The fraction of sp³-hybridized carbons (Fsp3) is 0.444. The molecular formula is C18H27OSiTi. The molecule has 0 bridgehead atoms. The van der Waals surface area contributed by atoms with Gasteiger partial charge in [-0.1, -0.05) is 0 Å². The predicted molar refractivity (Wildman–Crippen MR) is 91.1 cm³/mol. The maximum absolute atomic E-state index is 6.60. The molecule has 2 rings (SSSR count). The van der Waals surface area contributed by atoms with Crippen LogP contribution in [0.5, 0.6) is 5.75 Å². The molecule has 0 heterocycles. The SMILES string of the molecule is CC1=[C]([Ti]([O]c2cccc(C(C)(C)C)c2)[SiH](C)C)CC=C1. The van der Waals surface area contributed by atoms with Crippen LogP contribution in [0.3, 0.4) is 0 Å². The van der Waals surface area contributed by atoms with Crippen LogP contribution in [0.4, 0.5) is 0 Å². The molecule has 113 valence electrons. The van der Waals surface area contributed by atoms with Crippen molar-refractivity contribution in [3.8, 4) is 5.75 Å². The first-order valence-electron chi connectivity index (χ1n) is 7.81. The standard InChI is InChI=1S/C10H14O.C6H7.C2H7Si.Ti/c1-10(2,3)8-5-4-6-9(11)7-8;1-6-4-2-3-5-6;1-3-2;/h4-7,11H,1-3H3;2,4H,3H2,1H3;3H,1-2H3;/q;;;+1/p-1. The zero-order chi connectivity index (χ0) is 15.6. The molecule has 3 heteroatoms. The van der Waals surface area contributed by atoms with Gasteiger partial charge in [0.1, 0.15) is 0 Å². The Bertz CT molecular complexity index is 567. The zero-order valence-electron chi connectivity index (χ0n) is 14.2. The van der Waals surface area contributed by atoms with Crippen molar-refractivity contribution in [3.63, 3.8) is 0 Å².